The van der Waals surface area contributed by atoms with E-state index in [1.54, 1.807) is 6.08 Å². The number of carbonyl (C=O) groups excluding carboxylic acids is 1. The summed E-state index contributed by atoms with van der Waals surface area (Å²) in [5.41, 5.74) is -0.378. The fourth-order valence-corrected chi connectivity index (χ4v) is 7.90. The summed E-state index contributed by atoms with van der Waals surface area (Å²) in [7, 11) is -4.43. The number of allylic oxidation sites excluding steroid dienone is 1. The van der Waals surface area contributed by atoms with Crippen molar-refractivity contribution in [3.8, 4) is 0 Å². The van der Waals surface area contributed by atoms with Gasteiger partial charge in [0.25, 0.3) is 0 Å². The van der Waals surface area contributed by atoms with Gasteiger partial charge < -0.3 is 14.9 Å². The van der Waals surface area contributed by atoms with E-state index in [4.69, 9.17) is 0 Å². The minimum Gasteiger partial charge on any atom is -0.393 e. The van der Waals surface area contributed by atoms with Crippen LogP contribution in [0.25, 0.3) is 0 Å². The van der Waals surface area contributed by atoms with Crippen LogP contribution in [0.3, 0.4) is 0 Å². The van der Waals surface area contributed by atoms with E-state index in [0.717, 1.165) is 44.1 Å². The van der Waals surface area contributed by atoms with Crippen LogP contribution in [0.1, 0.15) is 58.8 Å². The van der Waals surface area contributed by atoms with E-state index >= 15 is 0 Å². The Hall–Kier alpha value is -0.480. The highest BCUT2D eigenvalue weighted by atomic mass is 31.2. The molecule has 5 nitrogen and oxygen atoms in total. The molecule has 6 heteroatoms. The van der Waals surface area contributed by atoms with Crippen LogP contribution in [-0.4, -0.2) is 32.4 Å². The molecule has 0 spiro atoms. The van der Waals surface area contributed by atoms with E-state index in [9.17, 15) is 24.3 Å². The average molecular weight is 368 g/mol. The zero-order valence-corrected chi connectivity index (χ0v) is 15.9. The molecule has 4 aliphatic rings. The maximum Gasteiger partial charge on any atom is 0.336 e. The number of aliphatic hydroxyl groups excluding tert-OH is 1. The van der Waals surface area contributed by atoms with Crippen molar-refractivity contribution in [1.82, 2.24) is 0 Å². The summed E-state index contributed by atoms with van der Waals surface area (Å²) in [5.74, 6) is 0.948. The number of fused-ring (bicyclic) bond motifs is 5. The Balaban J connectivity index is 1.70. The van der Waals surface area contributed by atoms with Gasteiger partial charge in [0.05, 0.1) is 6.10 Å². The van der Waals surface area contributed by atoms with Crippen molar-refractivity contribution in [2.75, 3.05) is 0 Å². The zero-order chi connectivity index (χ0) is 18.2. The van der Waals surface area contributed by atoms with Crippen LogP contribution in [0.5, 0.6) is 0 Å². The largest absolute Gasteiger partial charge is 0.393 e. The van der Waals surface area contributed by atoms with Gasteiger partial charge in [0.2, 0.25) is 0 Å². The molecule has 4 rings (SSSR count). The number of aliphatic hydroxyl groups is 1. The first-order valence-electron chi connectivity index (χ1n) is 9.55. The molecule has 1 unspecified atom stereocenters. The Kier molecular flexibility index (Phi) is 3.95. The maximum absolute atomic E-state index is 12.3. The molecule has 0 aromatic carbocycles. The highest BCUT2D eigenvalue weighted by molar-refractivity contribution is 7.53. The van der Waals surface area contributed by atoms with E-state index in [1.165, 1.54) is 0 Å². The van der Waals surface area contributed by atoms with Crippen LogP contribution >= 0.6 is 7.60 Å². The summed E-state index contributed by atoms with van der Waals surface area (Å²) in [6.45, 7) is 4.35. The van der Waals surface area contributed by atoms with Crippen molar-refractivity contribution in [1.29, 1.82) is 0 Å². The second-order valence-corrected chi connectivity index (χ2v) is 11.2. The molecular formula is C19H29O5P. The lowest BCUT2D eigenvalue weighted by Gasteiger charge is -2.58. The van der Waals surface area contributed by atoms with Gasteiger partial charge in [-0.15, -0.1) is 0 Å². The minimum absolute atomic E-state index is 0.00805. The predicted octanol–water partition coefficient (Wildman–Crippen LogP) is 3.04. The van der Waals surface area contributed by atoms with Crippen molar-refractivity contribution in [2.24, 2.45) is 28.6 Å². The third-order valence-corrected chi connectivity index (χ3v) is 9.60. The molecule has 0 bridgehead atoms. The van der Waals surface area contributed by atoms with E-state index in [2.05, 4.69) is 13.8 Å². The number of hydrogen-bond acceptors (Lipinski definition) is 3. The molecule has 3 N–H and O–H groups in total. The zero-order valence-electron chi connectivity index (χ0n) is 15.0. The van der Waals surface area contributed by atoms with Gasteiger partial charge >= 0.3 is 7.60 Å². The lowest BCUT2D eigenvalue weighted by atomic mass is 9.47. The van der Waals surface area contributed by atoms with Crippen LogP contribution in [-0.2, 0) is 9.36 Å². The Morgan fingerprint density at radius 3 is 2.52 bits per heavy atom. The van der Waals surface area contributed by atoms with Gasteiger partial charge in [-0.3, -0.25) is 9.36 Å². The standard InChI is InChI=1S/C19H29O5P/c1-18-8-7-14-12(13(18)5-6-17(18)21)4-3-11-9-15(20)16(25(22,23)24)10-19(11,14)2/h9,12-14,16-17,21H,3-8,10H2,1-2H3,(H2,22,23,24)/t12-,13-,14-,16?,17-,18-,19-/m0/s1. The molecule has 0 aromatic heterocycles. The lowest BCUT2D eigenvalue weighted by molar-refractivity contribution is -0.117. The Morgan fingerprint density at radius 2 is 1.84 bits per heavy atom. The van der Waals surface area contributed by atoms with E-state index in [1.807, 2.05) is 0 Å². The molecule has 140 valence electrons. The van der Waals surface area contributed by atoms with Gasteiger partial charge in [-0.05, 0) is 79.6 Å². The van der Waals surface area contributed by atoms with Gasteiger partial charge in [0.1, 0.15) is 5.66 Å². The first kappa shape index (κ1) is 17.9. The molecule has 0 aliphatic heterocycles. The summed E-state index contributed by atoms with van der Waals surface area (Å²) in [5, 5.41) is 10.5. The third kappa shape index (κ3) is 2.46. The normalized spacial score (nSPS) is 49.9. The van der Waals surface area contributed by atoms with Crippen molar-refractivity contribution in [2.45, 2.75) is 70.6 Å². The summed E-state index contributed by atoms with van der Waals surface area (Å²) in [6.07, 6.45) is 7.35. The van der Waals surface area contributed by atoms with Gasteiger partial charge in [-0.1, -0.05) is 19.4 Å². The Bertz CT molecular complexity index is 681. The fourth-order valence-electron chi connectivity index (χ4n) is 6.87. The highest BCUT2D eigenvalue weighted by Gasteiger charge is 2.60. The van der Waals surface area contributed by atoms with Crippen molar-refractivity contribution >= 4 is 13.4 Å². The minimum atomic E-state index is -4.43. The summed E-state index contributed by atoms with van der Waals surface area (Å²) in [4.78, 5) is 31.6. The summed E-state index contributed by atoms with van der Waals surface area (Å²) in [6, 6.07) is 0. The molecule has 25 heavy (non-hydrogen) atoms. The number of rotatable bonds is 1. The maximum atomic E-state index is 12.3. The molecule has 0 radical (unpaired) electrons. The molecule has 0 heterocycles. The monoisotopic (exact) mass is 368 g/mol. The molecule has 0 aromatic rings. The van der Waals surface area contributed by atoms with Crippen LogP contribution in [0.4, 0.5) is 0 Å². The van der Waals surface area contributed by atoms with Crippen LogP contribution in [0, 0.1) is 28.6 Å². The summed E-state index contributed by atoms with van der Waals surface area (Å²) < 4.78 is 11.9. The SMILES string of the molecule is C[C@]12CC[C@H]3[C@@H](CCC4=CC(=O)C(P(=O)(O)O)C[C@@]43C)[C@@H]1CC[C@@H]2O. The third-order valence-electron chi connectivity index (χ3n) is 8.35. The van der Waals surface area contributed by atoms with E-state index in [0.29, 0.717) is 17.8 Å². The molecule has 3 saturated carbocycles. The smallest absolute Gasteiger partial charge is 0.336 e. The van der Waals surface area contributed by atoms with Crippen molar-refractivity contribution < 1.29 is 24.3 Å². The van der Waals surface area contributed by atoms with Gasteiger partial charge in [-0.2, -0.15) is 0 Å². The predicted molar refractivity (Wildman–Crippen MR) is 93.9 cm³/mol. The second kappa shape index (κ2) is 5.51. The topological polar surface area (TPSA) is 94.8 Å². The van der Waals surface area contributed by atoms with Gasteiger partial charge in [-0.25, -0.2) is 0 Å². The molecule has 3 fully saturated rings. The van der Waals surface area contributed by atoms with E-state index < -0.39 is 19.0 Å². The number of ketones is 1. The number of hydrogen-bond donors (Lipinski definition) is 3. The molecule has 0 saturated heterocycles. The summed E-state index contributed by atoms with van der Waals surface area (Å²) >= 11 is 0. The second-order valence-electron chi connectivity index (χ2n) is 9.35. The quantitative estimate of drug-likeness (QED) is 0.619. The van der Waals surface area contributed by atoms with Gasteiger partial charge in [0, 0.05) is 0 Å². The Labute approximate surface area is 149 Å². The fraction of sp³-hybridized carbons (Fsp3) is 0.842. The first-order chi connectivity index (χ1) is 11.6. The number of carbonyl (C=O) groups is 1. The van der Waals surface area contributed by atoms with Crippen LogP contribution < -0.4 is 0 Å². The molecular weight excluding hydrogens is 339 g/mol. The van der Waals surface area contributed by atoms with Gasteiger partial charge in [0.15, 0.2) is 5.78 Å². The molecule has 0 amide bonds. The van der Waals surface area contributed by atoms with Crippen LogP contribution in [0.15, 0.2) is 11.6 Å². The molecule has 7 atom stereocenters. The highest BCUT2D eigenvalue weighted by Crippen LogP contribution is 2.66. The van der Waals surface area contributed by atoms with Crippen molar-refractivity contribution in [3.05, 3.63) is 11.6 Å². The van der Waals surface area contributed by atoms with E-state index in [-0.39, 0.29) is 23.4 Å². The lowest BCUT2D eigenvalue weighted by Crippen LogP contribution is -2.52. The van der Waals surface area contributed by atoms with Crippen molar-refractivity contribution in [3.63, 3.8) is 0 Å². The van der Waals surface area contributed by atoms with Crippen LogP contribution in [0.2, 0.25) is 0 Å². The molecule has 4 aliphatic carbocycles. The average Bonchev–Trinajstić information content (AvgIpc) is 2.82. The Morgan fingerprint density at radius 1 is 1.12 bits per heavy atom. The first-order valence-corrected chi connectivity index (χ1v) is 11.2.